The third kappa shape index (κ3) is 5.10. The Hall–Kier alpha value is -6.33. The molecule has 0 aromatic heterocycles. The lowest BCUT2D eigenvalue weighted by Gasteiger charge is -2.24. The molecule has 0 saturated carbocycles. The first kappa shape index (κ1) is 35.4. The van der Waals surface area contributed by atoms with Crippen molar-refractivity contribution in [2.75, 3.05) is 0 Å². The molecule has 2 heteroatoms. The second-order valence-electron chi connectivity index (χ2n) is 19.0. The zero-order valence-electron chi connectivity index (χ0n) is 34.8. The van der Waals surface area contributed by atoms with Crippen LogP contribution in [0.25, 0.3) is 57.7 Å². The van der Waals surface area contributed by atoms with Crippen LogP contribution in [-0.2, 0) is 29.6 Å². The molecule has 0 atom stereocenters. The number of benzene rings is 8. The molecule has 61 heavy (non-hydrogen) atoms. The van der Waals surface area contributed by atoms with Gasteiger partial charge in [0.25, 0.3) is 0 Å². The maximum Gasteiger partial charge on any atom is 0.128 e. The maximum absolute atomic E-state index is 2.48. The fourth-order valence-electron chi connectivity index (χ4n) is 12.5. The zero-order valence-corrected chi connectivity index (χ0v) is 36.8. The lowest BCUT2D eigenvalue weighted by molar-refractivity contribution is 0.660. The van der Waals surface area contributed by atoms with Crippen molar-refractivity contribution < 1.29 is 0 Å². The van der Waals surface area contributed by atoms with Crippen LogP contribution in [0.3, 0.4) is 0 Å². The maximum atomic E-state index is 2.48. The molecule has 8 aromatic carbocycles. The molecule has 0 N–H and O–H groups in total. The molecular formula is C59H46Si2. The Morgan fingerprint density at radius 2 is 0.656 bits per heavy atom. The highest BCUT2D eigenvalue weighted by Crippen LogP contribution is 2.49. The monoisotopic (exact) mass is 810 g/mol. The fraction of sp³-hybridized carbons (Fsp3) is 0.119. The molecule has 290 valence electrons. The molecule has 2 spiro atoms. The van der Waals surface area contributed by atoms with E-state index in [-0.39, 0.29) is 5.41 Å². The molecule has 0 bridgehead atoms. The predicted molar refractivity (Wildman–Crippen MR) is 263 cm³/mol. The summed E-state index contributed by atoms with van der Waals surface area (Å²) >= 11 is 0. The van der Waals surface area contributed by atoms with Gasteiger partial charge in [0.15, 0.2) is 0 Å². The van der Waals surface area contributed by atoms with Gasteiger partial charge in [0.1, 0.15) is 16.1 Å². The van der Waals surface area contributed by atoms with Gasteiger partial charge >= 0.3 is 0 Å². The van der Waals surface area contributed by atoms with E-state index in [0.29, 0.717) is 0 Å². The summed E-state index contributed by atoms with van der Waals surface area (Å²) in [6, 6.07) is 70.6. The van der Waals surface area contributed by atoms with E-state index < -0.39 is 16.1 Å². The van der Waals surface area contributed by atoms with Crippen molar-refractivity contribution in [3.63, 3.8) is 0 Å². The second-order valence-corrected chi connectivity index (χ2v) is 26.9. The van der Waals surface area contributed by atoms with Gasteiger partial charge in [0.2, 0.25) is 0 Å². The van der Waals surface area contributed by atoms with Gasteiger partial charge in [-0.3, -0.25) is 0 Å². The Balaban J connectivity index is 0.772. The molecule has 0 amide bonds. The van der Waals surface area contributed by atoms with E-state index in [1.165, 1.54) is 90.9 Å². The molecule has 0 unspecified atom stereocenters. The topological polar surface area (TPSA) is 0 Å². The molecule has 5 aliphatic rings. The van der Waals surface area contributed by atoms with Gasteiger partial charge in [0, 0.05) is 5.41 Å². The third-order valence-corrected chi connectivity index (χ3v) is 25.3. The van der Waals surface area contributed by atoms with Crippen molar-refractivity contribution in [1.29, 1.82) is 0 Å². The molecule has 8 aromatic rings. The molecule has 0 radical (unpaired) electrons. The molecule has 13 rings (SSSR count). The van der Waals surface area contributed by atoms with E-state index in [1.807, 2.05) is 0 Å². The van der Waals surface area contributed by atoms with E-state index in [0.717, 1.165) is 0 Å². The Morgan fingerprint density at radius 1 is 0.328 bits per heavy atom. The van der Waals surface area contributed by atoms with Crippen LogP contribution in [0.1, 0.15) is 69.5 Å². The quantitative estimate of drug-likeness (QED) is 0.123. The highest BCUT2D eigenvalue weighted by Gasteiger charge is 2.50. The van der Waals surface area contributed by atoms with Crippen molar-refractivity contribution in [2.24, 2.45) is 0 Å². The summed E-state index contributed by atoms with van der Waals surface area (Å²) in [5.74, 6) is 0. The predicted octanol–water partition coefficient (Wildman–Crippen LogP) is 11.2. The van der Waals surface area contributed by atoms with Gasteiger partial charge in [-0.1, -0.05) is 196 Å². The van der Waals surface area contributed by atoms with Crippen molar-refractivity contribution in [2.45, 2.75) is 43.4 Å². The number of hydrogen-bond donors (Lipinski definition) is 0. The van der Waals surface area contributed by atoms with Crippen LogP contribution >= 0.6 is 0 Å². The molecule has 4 aliphatic heterocycles. The number of rotatable bonds is 4. The molecule has 0 nitrogen and oxygen atoms in total. The zero-order chi connectivity index (χ0) is 40.5. The lowest BCUT2D eigenvalue weighted by Crippen LogP contribution is -2.57. The van der Waals surface area contributed by atoms with Crippen molar-refractivity contribution in [3.05, 3.63) is 225 Å². The lowest BCUT2D eigenvalue weighted by atomic mass is 9.81. The van der Waals surface area contributed by atoms with Gasteiger partial charge in [0.05, 0.1) is 0 Å². The highest BCUT2D eigenvalue weighted by atomic mass is 28.3. The average Bonchev–Trinajstić information content (AvgIpc) is 4.07. The molecular weight excluding hydrogens is 765 g/mol. The first-order chi connectivity index (χ1) is 29.9. The number of hydrogen-bond acceptors (Lipinski definition) is 0. The van der Waals surface area contributed by atoms with Crippen LogP contribution in [0, 0.1) is 0 Å². The summed E-state index contributed by atoms with van der Waals surface area (Å²) in [7, 11) is -3.74. The summed E-state index contributed by atoms with van der Waals surface area (Å²) in [4.78, 5) is 0. The number of fused-ring (bicyclic) bond motifs is 15. The fourth-order valence-corrected chi connectivity index (χ4v) is 23.4. The first-order valence-electron chi connectivity index (χ1n) is 22.2. The Bertz CT molecular complexity index is 2980. The van der Waals surface area contributed by atoms with E-state index >= 15 is 0 Å². The van der Waals surface area contributed by atoms with E-state index in [4.69, 9.17) is 0 Å². The molecule has 0 saturated heterocycles. The highest BCUT2D eigenvalue weighted by molar-refractivity contribution is 7.06. The Kier molecular flexibility index (Phi) is 7.46. The standard InChI is InChI=1S/C59H46Si2/c1-59(2)53-33-41(21-19-39-25-29-57-51(31-39)49-15-7-9-17-55(49)60(57)35-43-11-3-4-12-44(43)36-60)23-27-47(53)48-28-24-42(34-54(48)59)22-20-40-26-30-58-52(32-40)50-16-8-10-18-56(50)61(58)37-45-13-5-6-14-46(45)38-61/h3-34H,35-38H2,1-2H3/b21-19+,22-20+. The summed E-state index contributed by atoms with van der Waals surface area (Å²) in [6.07, 6.45) is 9.29. The van der Waals surface area contributed by atoms with Crippen LogP contribution in [0.4, 0.5) is 0 Å². The normalized spacial score (nSPS) is 17.0. The molecule has 0 fully saturated rings. The van der Waals surface area contributed by atoms with Crippen molar-refractivity contribution in [3.8, 4) is 33.4 Å². The van der Waals surface area contributed by atoms with Crippen LogP contribution in [0.15, 0.2) is 170 Å². The van der Waals surface area contributed by atoms with Crippen LogP contribution in [0.5, 0.6) is 0 Å². The Morgan fingerprint density at radius 3 is 1.07 bits per heavy atom. The minimum Gasteiger partial charge on any atom is -0.0623 e. The van der Waals surface area contributed by atoms with Crippen LogP contribution in [0.2, 0.25) is 0 Å². The van der Waals surface area contributed by atoms with Gasteiger partial charge in [-0.2, -0.15) is 0 Å². The van der Waals surface area contributed by atoms with Gasteiger partial charge in [-0.15, -0.1) is 0 Å². The largest absolute Gasteiger partial charge is 0.128 e. The van der Waals surface area contributed by atoms with Gasteiger partial charge < -0.3 is 0 Å². The summed E-state index contributed by atoms with van der Waals surface area (Å²) in [5, 5.41) is 6.50. The van der Waals surface area contributed by atoms with Crippen molar-refractivity contribution in [1.82, 2.24) is 0 Å². The SMILES string of the molecule is CC1(C)c2cc(/C=C/c3ccc4c(c3)-c3ccccc3[Si]43Cc4ccccc4C3)ccc2-c2ccc(/C=C/c3ccc4c(c3)-c3ccccc3[Si]43Cc4ccccc4C3)cc21. The van der Waals surface area contributed by atoms with Gasteiger partial charge in [-0.25, -0.2) is 0 Å². The first-order valence-corrected chi connectivity index (χ1v) is 27.0. The van der Waals surface area contributed by atoms with Crippen molar-refractivity contribution >= 4 is 61.2 Å². The van der Waals surface area contributed by atoms with Crippen LogP contribution < -0.4 is 20.7 Å². The smallest absolute Gasteiger partial charge is 0.0623 e. The third-order valence-electron chi connectivity index (χ3n) is 15.5. The second kappa shape index (κ2) is 12.8. The summed E-state index contributed by atoms with van der Waals surface area (Å²) < 4.78 is 0. The van der Waals surface area contributed by atoms with E-state index in [2.05, 4.69) is 208 Å². The molecule has 4 heterocycles. The van der Waals surface area contributed by atoms with Gasteiger partial charge in [-0.05, 0) is 146 Å². The van der Waals surface area contributed by atoms with E-state index in [9.17, 15) is 0 Å². The van der Waals surface area contributed by atoms with Crippen LogP contribution in [-0.4, -0.2) is 16.1 Å². The minimum atomic E-state index is -1.87. The Labute approximate surface area is 361 Å². The van der Waals surface area contributed by atoms with E-state index in [1.54, 1.807) is 43.0 Å². The summed E-state index contributed by atoms with van der Waals surface area (Å²) in [5.41, 5.74) is 22.6. The summed E-state index contributed by atoms with van der Waals surface area (Å²) in [6.45, 7) is 4.80. The average molecular weight is 811 g/mol. The molecule has 1 aliphatic carbocycles. The minimum absolute atomic E-state index is 0.0947.